The lowest BCUT2D eigenvalue weighted by atomic mass is 10.1. The van der Waals surface area contributed by atoms with Crippen LogP contribution in [0.5, 0.6) is 0 Å². The predicted molar refractivity (Wildman–Crippen MR) is 118 cm³/mol. The van der Waals surface area contributed by atoms with Crippen molar-refractivity contribution in [3.05, 3.63) is 78.6 Å². The van der Waals surface area contributed by atoms with Crippen molar-refractivity contribution in [1.82, 2.24) is 24.5 Å². The summed E-state index contributed by atoms with van der Waals surface area (Å²) in [6, 6.07) is 15.2. The highest BCUT2D eigenvalue weighted by molar-refractivity contribution is 6.12. The summed E-state index contributed by atoms with van der Waals surface area (Å²) in [5, 5.41) is 34.4. The SMILES string of the molecule is OC[C@H]1O[C@@H](n2cnc3c(N/N=C(\c4ccccc4)c4ccccn4)ncnc32)C(O)C1O. The number of rotatable bonds is 6. The normalized spacial score (nSPS) is 23.2. The second kappa shape index (κ2) is 9.00. The quantitative estimate of drug-likeness (QED) is 0.247. The zero-order valence-corrected chi connectivity index (χ0v) is 17.3. The van der Waals surface area contributed by atoms with Gasteiger partial charge in [0.1, 0.15) is 30.4 Å². The van der Waals surface area contributed by atoms with Crippen LogP contribution in [0, 0.1) is 0 Å². The Morgan fingerprint density at radius 3 is 2.55 bits per heavy atom. The maximum Gasteiger partial charge on any atom is 0.177 e. The van der Waals surface area contributed by atoms with Crippen molar-refractivity contribution in [2.45, 2.75) is 24.5 Å². The number of aromatic nitrogens is 5. The van der Waals surface area contributed by atoms with Crippen molar-refractivity contribution in [3.63, 3.8) is 0 Å². The van der Waals surface area contributed by atoms with Gasteiger partial charge in [-0.25, -0.2) is 15.0 Å². The minimum absolute atomic E-state index is 0.342. The average molecular weight is 447 g/mol. The van der Waals surface area contributed by atoms with Crippen LogP contribution in [0.2, 0.25) is 0 Å². The van der Waals surface area contributed by atoms with Crippen LogP contribution in [0.4, 0.5) is 5.82 Å². The molecule has 1 aliphatic heterocycles. The molecule has 2 unspecified atom stereocenters. The van der Waals surface area contributed by atoms with Crippen LogP contribution in [-0.2, 0) is 4.74 Å². The number of nitrogens with zero attached hydrogens (tertiary/aromatic N) is 6. The second-order valence-electron chi connectivity index (χ2n) is 7.43. The molecule has 4 N–H and O–H groups in total. The number of hydrogen-bond acceptors (Lipinski definition) is 10. The van der Waals surface area contributed by atoms with Crippen LogP contribution in [0.15, 0.2) is 72.5 Å². The topological polar surface area (TPSA) is 151 Å². The van der Waals surface area contributed by atoms with Gasteiger partial charge in [-0.2, -0.15) is 5.10 Å². The van der Waals surface area contributed by atoms with Crippen LogP contribution >= 0.6 is 0 Å². The van der Waals surface area contributed by atoms with E-state index in [2.05, 4.69) is 30.5 Å². The van der Waals surface area contributed by atoms with Crippen molar-refractivity contribution in [1.29, 1.82) is 0 Å². The first-order valence-electron chi connectivity index (χ1n) is 10.3. The summed E-state index contributed by atoms with van der Waals surface area (Å²) in [7, 11) is 0. The highest BCUT2D eigenvalue weighted by Crippen LogP contribution is 2.32. The number of fused-ring (bicyclic) bond motifs is 1. The lowest BCUT2D eigenvalue weighted by Gasteiger charge is -2.16. The van der Waals surface area contributed by atoms with Gasteiger partial charge >= 0.3 is 0 Å². The summed E-state index contributed by atoms with van der Waals surface area (Å²) < 4.78 is 7.09. The van der Waals surface area contributed by atoms with Gasteiger partial charge in [0, 0.05) is 11.8 Å². The first kappa shape index (κ1) is 21.1. The highest BCUT2D eigenvalue weighted by Gasteiger charge is 2.44. The Morgan fingerprint density at radius 1 is 1.00 bits per heavy atom. The van der Waals surface area contributed by atoms with Crippen molar-refractivity contribution in [3.8, 4) is 0 Å². The third-order valence-electron chi connectivity index (χ3n) is 5.38. The molecule has 0 amide bonds. The summed E-state index contributed by atoms with van der Waals surface area (Å²) in [5.41, 5.74) is 5.89. The molecule has 0 saturated carbocycles. The minimum atomic E-state index is -1.25. The molecule has 1 aliphatic rings. The van der Waals surface area contributed by atoms with E-state index in [9.17, 15) is 15.3 Å². The molecule has 5 rings (SSSR count). The van der Waals surface area contributed by atoms with Crippen LogP contribution in [0.1, 0.15) is 17.5 Å². The second-order valence-corrected chi connectivity index (χ2v) is 7.43. The monoisotopic (exact) mass is 447 g/mol. The molecule has 168 valence electrons. The zero-order chi connectivity index (χ0) is 22.8. The van der Waals surface area contributed by atoms with Crippen LogP contribution in [0.3, 0.4) is 0 Å². The van der Waals surface area contributed by atoms with Crippen LogP contribution in [-0.4, -0.2) is 70.5 Å². The molecule has 3 aromatic heterocycles. The zero-order valence-electron chi connectivity index (χ0n) is 17.3. The van der Waals surface area contributed by atoms with E-state index in [1.807, 2.05) is 48.5 Å². The number of pyridine rings is 1. The van der Waals surface area contributed by atoms with Gasteiger partial charge in [-0.3, -0.25) is 15.0 Å². The minimum Gasteiger partial charge on any atom is -0.394 e. The van der Waals surface area contributed by atoms with Gasteiger partial charge in [-0.1, -0.05) is 36.4 Å². The Kier molecular flexibility index (Phi) is 5.75. The Morgan fingerprint density at radius 2 is 1.82 bits per heavy atom. The fourth-order valence-electron chi connectivity index (χ4n) is 3.71. The number of nitrogens with one attached hydrogen (secondary N) is 1. The number of ether oxygens (including phenoxy) is 1. The largest absolute Gasteiger partial charge is 0.394 e. The van der Waals surface area contributed by atoms with Gasteiger partial charge in [-0.05, 0) is 12.1 Å². The van der Waals surface area contributed by atoms with E-state index in [1.54, 1.807) is 6.20 Å². The van der Waals surface area contributed by atoms with Crippen molar-refractivity contribution in [2.24, 2.45) is 5.10 Å². The van der Waals surface area contributed by atoms with Gasteiger partial charge in [-0.15, -0.1) is 0 Å². The van der Waals surface area contributed by atoms with E-state index in [0.29, 0.717) is 28.4 Å². The maximum absolute atomic E-state index is 10.4. The van der Waals surface area contributed by atoms with E-state index in [-0.39, 0.29) is 0 Å². The molecule has 11 heteroatoms. The molecule has 1 aromatic carbocycles. The van der Waals surface area contributed by atoms with Crippen molar-refractivity contribution >= 4 is 22.7 Å². The summed E-state index contributed by atoms with van der Waals surface area (Å²) in [4.78, 5) is 17.3. The fourth-order valence-corrected chi connectivity index (χ4v) is 3.71. The number of aliphatic hydroxyl groups excluding tert-OH is 3. The first-order valence-corrected chi connectivity index (χ1v) is 10.3. The standard InChI is InChI=1S/C22H21N7O4/c30-10-15-18(31)19(32)22(33-15)29-12-26-17-20(24-11-25-21(17)29)28-27-16(13-6-2-1-3-7-13)14-8-4-5-9-23-14/h1-9,11-12,15,18-19,22,30-32H,10H2,(H,24,25,28)/b27-16+/t15-,18?,19?,22-/m1/s1. The smallest absolute Gasteiger partial charge is 0.177 e. The van der Waals surface area contributed by atoms with Gasteiger partial charge in [0.15, 0.2) is 23.2 Å². The van der Waals surface area contributed by atoms with Crippen LogP contribution in [0.25, 0.3) is 11.2 Å². The Labute approximate surface area is 188 Å². The van der Waals surface area contributed by atoms with Gasteiger partial charge in [0.25, 0.3) is 0 Å². The average Bonchev–Trinajstić information content (AvgIpc) is 3.42. The van der Waals surface area contributed by atoms with E-state index >= 15 is 0 Å². The van der Waals surface area contributed by atoms with E-state index in [1.165, 1.54) is 17.2 Å². The summed E-state index contributed by atoms with van der Waals surface area (Å²) in [5.74, 6) is 0.342. The molecule has 4 atom stereocenters. The number of imidazole rings is 1. The summed E-state index contributed by atoms with van der Waals surface area (Å²) >= 11 is 0. The number of hydrogen-bond donors (Lipinski definition) is 4. The van der Waals surface area contributed by atoms with Crippen molar-refractivity contribution in [2.75, 3.05) is 12.0 Å². The Bertz CT molecular complexity index is 1220. The third-order valence-corrected chi connectivity index (χ3v) is 5.38. The molecule has 33 heavy (non-hydrogen) atoms. The lowest BCUT2D eigenvalue weighted by Crippen LogP contribution is -2.33. The highest BCUT2D eigenvalue weighted by atomic mass is 16.6. The van der Waals surface area contributed by atoms with Gasteiger partial charge in [0.2, 0.25) is 0 Å². The van der Waals surface area contributed by atoms with Crippen LogP contribution < -0.4 is 5.43 Å². The fraction of sp³-hybridized carbons (Fsp3) is 0.227. The molecule has 0 spiro atoms. The molecule has 1 fully saturated rings. The summed E-state index contributed by atoms with van der Waals surface area (Å²) in [6.07, 6.45) is 0.124. The molecular weight excluding hydrogens is 426 g/mol. The van der Waals surface area contributed by atoms with Gasteiger partial charge in [0.05, 0.1) is 18.6 Å². The predicted octanol–water partition coefficient (Wildman–Crippen LogP) is 0.697. The van der Waals surface area contributed by atoms with E-state index in [4.69, 9.17) is 4.74 Å². The Balaban J connectivity index is 1.50. The molecule has 11 nitrogen and oxygen atoms in total. The number of benzene rings is 1. The molecule has 0 bridgehead atoms. The summed E-state index contributed by atoms with van der Waals surface area (Å²) in [6.45, 7) is -0.423. The third kappa shape index (κ3) is 3.94. The number of anilines is 1. The molecular formula is C22H21N7O4. The first-order chi connectivity index (χ1) is 16.2. The molecule has 1 saturated heterocycles. The molecule has 0 radical (unpaired) electrons. The Hall–Kier alpha value is -3.77. The molecule has 0 aliphatic carbocycles. The maximum atomic E-state index is 10.4. The van der Waals surface area contributed by atoms with Gasteiger partial charge < -0.3 is 20.1 Å². The van der Waals surface area contributed by atoms with E-state index < -0.39 is 31.1 Å². The number of hydrazone groups is 1. The van der Waals surface area contributed by atoms with E-state index in [0.717, 1.165) is 5.56 Å². The lowest BCUT2D eigenvalue weighted by molar-refractivity contribution is -0.0511. The van der Waals surface area contributed by atoms with Crippen molar-refractivity contribution < 1.29 is 20.1 Å². The number of aliphatic hydroxyl groups is 3. The molecule has 4 heterocycles. The molecule has 4 aromatic rings.